The first-order chi connectivity index (χ1) is 13.8. The lowest BCUT2D eigenvalue weighted by Gasteiger charge is -2.45. The summed E-state index contributed by atoms with van der Waals surface area (Å²) in [5.74, 6) is 0.900. The van der Waals surface area contributed by atoms with Gasteiger partial charge in [0.1, 0.15) is 10.6 Å². The minimum atomic E-state index is -3.69. The lowest BCUT2D eigenvalue weighted by Crippen LogP contribution is -2.53. The molecule has 1 amide bonds. The molecule has 1 aromatic carbocycles. The molecule has 1 aromatic rings. The van der Waals surface area contributed by atoms with Crippen LogP contribution in [0.25, 0.3) is 0 Å². The smallest absolute Gasteiger partial charge is 0.246 e. The van der Waals surface area contributed by atoms with Crippen molar-refractivity contribution < 1.29 is 22.7 Å². The van der Waals surface area contributed by atoms with Crippen molar-refractivity contribution >= 4 is 15.9 Å². The van der Waals surface area contributed by atoms with Crippen LogP contribution >= 0.6 is 0 Å². The van der Waals surface area contributed by atoms with E-state index in [1.807, 2.05) is 18.7 Å². The van der Waals surface area contributed by atoms with Crippen LogP contribution in [-0.4, -0.2) is 70.0 Å². The fourth-order valence-electron chi connectivity index (χ4n) is 4.06. The van der Waals surface area contributed by atoms with Crippen molar-refractivity contribution in [3.8, 4) is 5.75 Å². The lowest BCUT2D eigenvalue weighted by molar-refractivity contribution is -0.134. The van der Waals surface area contributed by atoms with E-state index in [1.54, 1.807) is 31.4 Å². The van der Waals surface area contributed by atoms with E-state index >= 15 is 0 Å². The number of rotatable bonds is 5. The van der Waals surface area contributed by atoms with Gasteiger partial charge < -0.3 is 14.4 Å². The summed E-state index contributed by atoms with van der Waals surface area (Å²) in [7, 11) is -2.12. The molecule has 2 heterocycles. The second kappa shape index (κ2) is 9.02. The van der Waals surface area contributed by atoms with E-state index in [0.29, 0.717) is 57.5 Å². The van der Waals surface area contributed by atoms with Gasteiger partial charge in [0.15, 0.2) is 0 Å². The number of nitrogens with zero attached hydrogens (tertiary/aromatic N) is 2. The van der Waals surface area contributed by atoms with Gasteiger partial charge in [-0.15, -0.1) is 0 Å². The van der Waals surface area contributed by atoms with Crippen molar-refractivity contribution in [2.24, 2.45) is 11.3 Å². The minimum Gasteiger partial charge on any atom is -0.492 e. The van der Waals surface area contributed by atoms with Crippen LogP contribution in [0, 0.1) is 11.3 Å². The van der Waals surface area contributed by atoms with Crippen molar-refractivity contribution in [3.05, 3.63) is 24.3 Å². The molecule has 1 fully saturated rings. The van der Waals surface area contributed by atoms with Gasteiger partial charge in [-0.2, -0.15) is 4.31 Å². The van der Waals surface area contributed by atoms with Gasteiger partial charge in [0.05, 0.1) is 13.2 Å². The second-order valence-corrected chi connectivity index (χ2v) is 10.5. The number of carbonyl (C=O) groups excluding carboxylic acids is 1. The van der Waals surface area contributed by atoms with Crippen molar-refractivity contribution in [3.63, 3.8) is 0 Å². The highest BCUT2D eigenvalue weighted by atomic mass is 32.2. The van der Waals surface area contributed by atoms with Gasteiger partial charge in [-0.1, -0.05) is 26.0 Å². The lowest BCUT2D eigenvalue weighted by atomic mass is 9.78. The molecule has 0 aliphatic carbocycles. The molecule has 1 saturated heterocycles. The normalized spacial score (nSPS) is 21.3. The Labute approximate surface area is 174 Å². The zero-order valence-electron chi connectivity index (χ0n) is 17.6. The largest absolute Gasteiger partial charge is 0.492 e. The monoisotopic (exact) mass is 424 g/mol. The summed E-state index contributed by atoms with van der Waals surface area (Å²) in [5.41, 5.74) is -0.317. The molecule has 0 saturated carbocycles. The van der Waals surface area contributed by atoms with Crippen LogP contribution in [0.15, 0.2) is 29.2 Å². The van der Waals surface area contributed by atoms with Crippen molar-refractivity contribution in [1.29, 1.82) is 0 Å². The maximum Gasteiger partial charge on any atom is 0.246 e. The highest BCUT2D eigenvalue weighted by Crippen LogP contribution is 2.39. The number of sulfonamides is 1. The summed E-state index contributed by atoms with van der Waals surface area (Å²) >= 11 is 0. The van der Waals surface area contributed by atoms with Crippen LogP contribution in [0.4, 0.5) is 0 Å². The Morgan fingerprint density at radius 1 is 1.24 bits per heavy atom. The Kier molecular flexibility index (Phi) is 6.86. The van der Waals surface area contributed by atoms with Crippen molar-refractivity contribution in [2.75, 3.05) is 46.5 Å². The molecule has 0 aromatic heterocycles. The maximum atomic E-state index is 13.3. The molecule has 0 atom stereocenters. The Morgan fingerprint density at radius 2 is 1.93 bits per heavy atom. The number of para-hydroxylation sites is 1. The van der Waals surface area contributed by atoms with E-state index in [0.717, 1.165) is 12.8 Å². The van der Waals surface area contributed by atoms with Crippen LogP contribution in [0.5, 0.6) is 5.75 Å². The number of carbonyl (C=O) groups is 1. The van der Waals surface area contributed by atoms with Gasteiger partial charge in [0, 0.05) is 45.1 Å². The third kappa shape index (κ3) is 4.92. The Bertz CT molecular complexity index is 816. The number of hydrogen-bond donors (Lipinski definition) is 0. The molecular formula is C21H32N2O5S. The molecule has 0 bridgehead atoms. The molecule has 7 nitrogen and oxygen atoms in total. The number of fused-ring (bicyclic) bond motifs is 1. The van der Waals surface area contributed by atoms with Crippen molar-refractivity contribution in [2.45, 2.75) is 38.0 Å². The highest BCUT2D eigenvalue weighted by molar-refractivity contribution is 7.89. The van der Waals surface area contributed by atoms with Gasteiger partial charge in [-0.25, -0.2) is 8.42 Å². The number of hydrogen-bond acceptors (Lipinski definition) is 5. The van der Waals surface area contributed by atoms with Crippen LogP contribution in [0.3, 0.4) is 0 Å². The fourth-order valence-corrected chi connectivity index (χ4v) is 5.73. The number of ether oxygens (including phenoxy) is 2. The summed E-state index contributed by atoms with van der Waals surface area (Å²) in [6.45, 7) is 6.80. The second-order valence-electron chi connectivity index (χ2n) is 8.55. The quantitative estimate of drug-likeness (QED) is 0.725. The SMILES string of the molecule is COCCN1CC2(CCN(C(=O)CC(C)C)CC2)COc2ccccc2S1(=O)=O. The molecule has 0 N–H and O–H groups in total. The molecule has 3 rings (SSSR count). The van der Waals surface area contributed by atoms with Crippen molar-refractivity contribution in [1.82, 2.24) is 9.21 Å². The number of piperidine rings is 1. The molecular weight excluding hydrogens is 392 g/mol. The van der Waals surface area contributed by atoms with Gasteiger partial charge in [0.2, 0.25) is 15.9 Å². The Morgan fingerprint density at radius 3 is 2.59 bits per heavy atom. The Balaban J connectivity index is 1.84. The summed E-state index contributed by atoms with van der Waals surface area (Å²) in [5, 5.41) is 0. The van der Waals surface area contributed by atoms with Crippen LogP contribution < -0.4 is 4.74 Å². The molecule has 8 heteroatoms. The minimum absolute atomic E-state index is 0.177. The first kappa shape index (κ1) is 22.1. The third-order valence-corrected chi connectivity index (χ3v) is 7.70. The van der Waals surface area contributed by atoms with Gasteiger partial charge in [-0.3, -0.25) is 4.79 Å². The average molecular weight is 425 g/mol. The summed E-state index contributed by atoms with van der Waals surface area (Å²) in [4.78, 5) is 14.6. The molecule has 2 aliphatic heterocycles. The summed E-state index contributed by atoms with van der Waals surface area (Å²) in [6.07, 6.45) is 1.99. The zero-order valence-corrected chi connectivity index (χ0v) is 18.4. The summed E-state index contributed by atoms with van der Waals surface area (Å²) in [6, 6.07) is 6.80. The van der Waals surface area contributed by atoms with E-state index in [1.165, 1.54) is 4.31 Å². The van der Waals surface area contributed by atoms with E-state index in [9.17, 15) is 13.2 Å². The number of methoxy groups -OCH3 is 1. The number of likely N-dealkylation sites (tertiary alicyclic amines) is 1. The van der Waals surface area contributed by atoms with E-state index in [2.05, 4.69) is 0 Å². The predicted octanol–water partition coefficient (Wildman–Crippen LogP) is 2.37. The van der Waals surface area contributed by atoms with Gasteiger partial charge >= 0.3 is 0 Å². The number of amides is 1. The zero-order chi connectivity index (χ0) is 21.1. The first-order valence-corrected chi connectivity index (χ1v) is 11.7. The van der Waals surface area contributed by atoms with E-state index < -0.39 is 10.0 Å². The topological polar surface area (TPSA) is 76.2 Å². The third-order valence-electron chi connectivity index (χ3n) is 5.82. The van der Waals surface area contributed by atoms with Gasteiger partial charge in [-0.05, 0) is 30.9 Å². The maximum absolute atomic E-state index is 13.3. The number of benzene rings is 1. The average Bonchev–Trinajstić information content (AvgIpc) is 2.69. The molecule has 0 unspecified atom stereocenters. The molecule has 162 valence electrons. The van der Waals surface area contributed by atoms with Gasteiger partial charge in [0.25, 0.3) is 0 Å². The molecule has 2 aliphatic rings. The predicted molar refractivity (Wildman–Crippen MR) is 110 cm³/mol. The van der Waals surface area contributed by atoms with E-state index in [-0.39, 0.29) is 16.2 Å². The molecule has 1 spiro atoms. The Hall–Kier alpha value is -1.64. The standard InChI is InChI=1S/C21H32N2O5S/c1-17(2)14-20(24)22-10-8-21(9-11-22)15-23(12-13-27-3)29(25,26)19-7-5-4-6-18(19)28-16-21/h4-7,17H,8-16H2,1-3H3. The van der Waals surface area contributed by atoms with Crippen LogP contribution in [0.2, 0.25) is 0 Å². The van der Waals surface area contributed by atoms with Crippen LogP contribution in [0.1, 0.15) is 33.1 Å². The fraction of sp³-hybridized carbons (Fsp3) is 0.667. The van der Waals surface area contributed by atoms with Crippen LogP contribution in [-0.2, 0) is 19.6 Å². The highest BCUT2D eigenvalue weighted by Gasteiger charge is 2.43. The first-order valence-electron chi connectivity index (χ1n) is 10.3. The van der Waals surface area contributed by atoms with E-state index in [4.69, 9.17) is 9.47 Å². The summed E-state index contributed by atoms with van der Waals surface area (Å²) < 4.78 is 39.4. The molecule has 0 radical (unpaired) electrons. The molecule has 29 heavy (non-hydrogen) atoms.